The number of amides is 1. The second kappa shape index (κ2) is 10.6. The Balaban J connectivity index is 1.89. The van der Waals surface area contributed by atoms with Crippen molar-refractivity contribution in [2.45, 2.75) is 17.2 Å². The smallest absolute Gasteiger partial charge is 0.316 e. The first kappa shape index (κ1) is 24.0. The van der Waals surface area contributed by atoms with E-state index in [-0.39, 0.29) is 36.0 Å². The van der Waals surface area contributed by atoms with Gasteiger partial charge in [-0.2, -0.15) is 0 Å². The third kappa shape index (κ3) is 7.18. The highest BCUT2D eigenvalue weighted by atomic mass is 32.2. The molecule has 0 bridgehead atoms. The maximum Gasteiger partial charge on any atom is 0.316 e. The molecular weight excluding hydrogens is 462 g/mol. The van der Waals surface area contributed by atoms with Crippen molar-refractivity contribution < 1.29 is 31.5 Å². The largest absolute Gasteiger partial charge is 0.468 e. The molecule has 164 valence electrons. The van der Waals surface area contributed by atoms with Crippen LogP contribution in [-0.2, 0) is 24.3 Å². The maximum absolute atomic E-state index is 13.4. The number of carbonyl (C=O) groups excluding carboxylic acids is 2. The number of hydrogen-bond acceptors (Lipinski definition) is 9. The van der Waals surface area contributed by atoms with Crippen molar-refractivity contribution in [1.29, 1.82) is 0 Å². The van der Waals surface area contributed by atoms with Crippen LogP contribution in [0.3, 0.4) is 0 Å². The number of esters is 1. The lowest BCUT2D eigenvalue weighted by Gasteiger charge is -2.22. The van der Waals surface area contributed by atoms with Crippen LogP contribution in [0.25, 0.3) is 0 Å². The Morgan fingerprint density at radius 3 is 2.63 bits per heavy atom. The predicted octanol–water partition coefficient (Wildman–Crippen LogP) is 2.27. The number of halogens is 2. The molecule has 0 atom stereocenters. The van der Waals surface area contributed by atoms with E-state index in [1.807, 2.05) is 0 Å². The van der Waals surface area contributed by atoms with Gasteiger partial charge in [0.1, 0.15) is 0 Å². The lowest BCUT2D eigenvalue weighted by atomic mass is 10.2. The molecule has 1 N–H and O–H groups in total. The molecule has 9 nitrogen and oxygen atoms in total. The maximum atomic E-state index is 13.4. The number of rotatable bonds is 10. The van der Waals surface area contributed by atoms with Crippen LogP contribution in [0, 0.1) is 11.6 Å². The Labute approximate surface area is 179 Å². The van der Waals surface area contributed by atoms with Gasteiger partial charge in [-0.25, -0.2) is 17.2 Å². The van der Waals surface area contributed by atoms with E-state index in [0.29, 0.717) is 4.34 Å². The summed E-state index contributed by atoms with van der Waals surface area (Å²) in [5, 5.41) is 10.4. The van der Waals surface area contributed by atoms with Crippen LogP contribution >= 0.6 is 23.1 Å². The third-order valence-corrected chi connectivity index (χ3v) is 6.69. The Morgan fingerprint density at radius 1 is 1.27 bits per heavy atom. The van der Waals surface area contributed by atoms with Gasteiger partial charge in [0.15, 0.2) is 16.0 Å². The molecule has 1 aromatic carbocycles. The summed E-state index contributed by atoms with van der Waals surface area (Å²) < 4.78 is 56.4. The van der Waals surface area contributed by atoms with Gasteiger partial charge in [0.05, 0.1) is 24.8 Å². The second-order valence-corrected chi connectivity index (χ2v) is 9.93. The number of methoxy groups -OCH3 is 1. The van der Waals surface area contributed by atoms with E-state index in [0.717, 1.165) is 51.9 Å². The molecule has 0 aliphatic heterocycles. The summed E-state index contributed by atoms with van der Waals surface area (Å²) in [5.41, 5.74) is -0.0341. The van der Waals surface area contributed by atoms with Crippen LogP contribution in [0.4, 0.5) is 19.6 Å². The highest BCUT2D eigenvalue weighted by Crippen LogP contribution is 2.26. The average molecular weight is 481 g/mol. The van der Waals surface area contributed by atoms with E-state index in [1.165, 1.54) is 7.11 Å². The van der Waals surface area contributed by atoms with Crippen molar-refractivity contribution in [3.8, 4) is 0 Å². The third-order valence-electron chi connectivity index (χ3n) is 3.55. The van der Waals surface area contributed by atoms with Gasteiger partial charge in [-0.3, -0.25) is 13.9 Å². The summed E-state index contributed by atoms with van der Waals surface area (Å²) in [7, 11) is -2.50. The van der Waals surface area contributed by atoms with Crippen molar-refractivity contribution >= 4 is 55.8 Å². The van der Waals surface area contributed by atoms with E-state index in [9.17, 15) is 26.8 Å². The Kier molecular flexibility index (Phi) is 8.49. The number of ether oxygens (including phenoxy) is 1. The molecule has 0 saturated carbocycles. The molecule has 0 saturated heterocycles. The summed E-state index contributed by atoms with van der Waals surface area (Å²) in [4.78, 5) is 23.2. The number of sulfonamides is 1. The molecule has 0 unspecified atom stereocenters. The minimum atomic E-state index is -3.76. The van der Waals surface area contributed by atoms with Gasteiger partial charge >= 0.3 is 5.97 Å². The Hall–Kier alpha value is -2.32. The van der Waals surface area contributed by atoms with Gasteiger partial charge in [-0.15, -0.1) is 10.2 Å². The summed E-state index contributed by atoms with van der Waals surface area (Å²) in [6.45, 7) is -0.103. The van der Waals surface area contributed by atoms with E-state index in [4.69, 9.17) is 0 Å². The van der Waals surface area contributed by atoms with Gasteiger partial charge in [0.25, 0.3) is 0 Å². The molecule has 30 heavy (non-hydrogen) atoms. The topological polar surface area (TPSA) is 119 Å². The first-order valence-corrected chi connectivity index (χ1v) is 12.0. The predicted molar refractivity (Wildman–Crippen MR) is 109 cm³/mol. The molecule has 0 fully saturated rings. The highest BCUT2D eigenvalue weighted by molar-refractivity contribution is 8.01. The summed E-state index contributed by atoms with van der Waals surface area (Å²) >= 11 is 2.19. The van der Waals surface area contributed by atoms with Crippen molar-refractivity contribution in [2.24, 2.45) is 0 Å². The number of benzene rings is 1. The molecule has 0 spiro atoms. The lowest BCUT2D eigenvalue weighted by Crippen LogP contribution is -2.31. The lowest BCUT2D eigenvalue weighted by molar-refractivity contribution is -0.137. The molecular formula is C16H18F2N4O5S3. The molecule has 1 heterocycles. The molecule has 1 aromatic heterocycles. The minimum absolute atomic E-state index is 0.0341. The quantitative estimate of drug-likeness (QED) is 0.313. The van der Waals surface area contributed by atoms with Crippen molar-refractivity contribution in [1.82, 2.24) is 10.2 Å². The summed E-state index contributed by atoms with van der Waals surface area (Å²) in [6.07, 6.45) is 1.02. The number of thioether (sulfide) groups is 1. The van der Waals surface area contributed by atoms with Crippen molar-refractivity contribution in [3.63, 3.8) is 0 Å². The summed E-state index contributed by atoms with van der Waals surface area (Å²) in [5.74, 6) is -3.04. The number of nitrogens with zero attached hydrogens (tertiary/aromatic N) is 3. The molecule has 0 aliphatic carbocycles. The fourth-order valence-corrected chi connectivity index (χ4v) is 4.75. The van der Waals surface area contributed by atoms with Crippen molar-refractivity contribution in [3.05, 3.63) is 29.8 Å². The Morgan fingerprint density at radius 2 is 2.00 bits per heavy atom. The van der Waals surface area contributed by atoms with Crippen LogP contribution in [-0.4, -0.2) is 56.2 Å². The van der Waals surface area contributed by atoms with Crippen LogP contribution in [0.2, 0.25) is 0 Å². The number of hydrogen-bond donors (Lipinski definition) is 1. The standard InChI is InChI=1S/C16H18F2N4O5S3/c1-27-14(24)9-28-16-21-20-15(29-16)19-13(23)4-3-7-22(30(2,25)26)10-5-6-11(17)12(18)8-10/h5-6,8H,3-4,7,9H2,1-2H3,(H,19,20,23). The molecule has 0 aliphatic rings. The van der Waals surface area contributed by atoms with Gasteiger partial charge < -0.3 is 10.1 Å². The molecule has 0 radical (unpaired) electrons. The number of carbonyl (C=O) groups is 2. The van der Waals surface area contributed by atoms with Crippen LogP contribution in [0.5, 0.6) is 0 Å². The van der Waals surface area contributed by atoms with Crippen LogP contribution in [0.15, 0.2) is 22.5 Å². The first-order valence-electron chi connectivity index (χ1n) is 8.36. The van der Waals surface area contributed by atoms with Gasteiger partial charge in [-0.1, -0.05) is 23.1 Å². The SMILES string of the molecule is COC(=O)CSc1nnc(NC(=O)CCCN(c2ccc(F)c(F)c2)S(C)(=O)=O)s1. The van der Waals surface area contributed by atoms with E-state index in [2.05, 4.69) is 20.3 Å². The van der Waals surface area contributed by atoms with E-state index in [1.54, 1.807) is 0 Å². The van der Waals surface area contributed by atoms with Gasteiger partial charge in [-0.05, 0) is 18.6 Å². The normalized spacial score (nSPS) is 11.2. The second-order valence-electron chi connectivity index (χ2n) is 5.82. The molecule has 2 rings (SSSR count). The number of aromatic nitrogens is 2. The van der Waals surface area contributed by atoms with Crippen molar-refractivity contribution in [2.75, 3.05) is 35.3 Å². The summed E-state index contributed by atoms with van der Waals surface area (Å²) in [6, 6.07) is 2.76. The highest BCUT2D eigenvalue weighted by Gasteiger charge is 2.19. The van der Waals surface area contributed by atoms with Crippen LogP contribution < -0.4 is 9.62 Å². The zero-order valence-corrected chi connectivity index (χ0v) is 18.4. The Bertz CT molecular complexity index is 1020. The average Bonchev–Trinajstić information content (AvgIpc) is 3.12. The zero-order chi connectivity index (χ0) is 22.3. The van der Waals surface area contributed by atoms with Gasteiger partial charge in [0.2, 0.25) is 21.1 Å². The first-order chi connectivity index (χ1) is 14.1. The minimum Gasteiger partial charge on any atom is -0.468 e. The molecule has 14 heteroatoms. The fourth-order valence-electron chi connectivity index (χ4n) is 2.19. The number of anilines is 2. The fraction of sp³-hybridized carbons (Fsp3) is 0.375. The zero-order valence-electron chi connectivity index (χ0n) is 15.9. The van der Waals surface area contributed by atoms with Gasteiger partial charge in [0, 0.05) is 19.0 Å². The molecule has 1 amide bonds. The van der Waals surface area contributed by atoms with Crippen LogP contribution in [0.1, 0.15) is 12.8 Å². The number of nitrogens with one attached hydrogen (secondary N) is 1. The molecule has 2 aromatic rings. The van der Waals surface area contributed by atoms with E-state index < -0.39 is 33.5 Å². The van der Waals surface area contributed by atoms with E-state index >= 15 is 0 Å². The monoisotopic (exact) mass is 480 g/mol.